The largest absolute Gasteiger partial charge is 0.478 e. The van der Waals surface area contributed by atoms with E-state index in [1.165, 1.54) is 18.2 Å². The lowest BCUT2D eigenvalue weighted by Crippen LogP contribution is -2.22. The second-order valence-electron chi connectivity index (χ2n) is 3.91. The molecule has 0 saturated heterocycles. The summed E-state index contributed by atoms with van der Waals surface area (Å²) in [4.78, 5) is 22.9. The summed E-state index contributed by atoms with van der Waals surface area (Å²) in [5.41, 5.74) is 0.926. The zero-order valence-corrected chi connectivity index (χ0v) is 11.1. The highest BCUT2D eigenvalue weighted by Crippen LogP contribution is 2.07. The Kier molecular flexibility index (Phi) is 5.79. The molecular weight excluding hydrogens is 254 g/mol. The van der Waals surface area contributed by atoms with Crippen LogP contribution in [0.2, 0.25) is 0 Å². The number of nitrogens with one attached hydrogen (secondary N) is 1. The minimum absolute atomic E-state index is 0.0674. The Morgan fingerprint density at radius 1 is 1.40 bits per heavy atom. The maximum Gasteiger partial charge on any atom is 0.335 e. The summed E-state index contributed by atoms with van der Waals surface area (Å²) in [6.45, 7) is 1.82. The summed E-state index contributed by atoms with van der Waals surface area (Å²) in [6.07, 6.45) is 10.8. The van der Waals surface area contributed by atoms with E-state index in [4.69, 9.17) is 11.5 Å². The molecule has 0 atom stereocenters. The number of allylic oxidation sites excluding steroid dienone is 3. The van der Waals surface area contributed by atoms with E-state index in [0.29, 0.717) is 12.1 Å². The van der Waals surface area contributed by atoms with Gasteiger partial charge in [0.25, 0.3) is 5.91 Å². The Balaban J connectivity index is 2.92. The first kappa shape index (κ1) is 15.3. The molecule has 1 aromatic carbocycles. The molecular formula is C16H15NO3. The molecule has 0 unspecified atom stereocenters. The molecule has 0 spiro atoms. The number of carboxylic acids is 1. The van der Waals surface area contributed by atoms with Crippen molar-refractivity contribution in [2.24, 2.45) is 0 Å². The van der Waals surface area contributed by atoms with Gasteiger partial charge in [-0.15, -0.1) is 12.3 Å². The monoisotopic (exact) mass is 269 g/mol. The number of carboxylic acid groups (broad SMARTS) is 1. The summed E-state index contributed by atoms with van der Waals surface area (Å²) in [6, 6.07) is 5.83. The van der Waals surface area contributed by atoms with E-state index in [0.717, 1.165) is 0 Å². The molecule has 0 aliphatic carbocycles. The topological polar surface area (TPSA) is 66.4 Å². The van der Waals surface area contributed by atoms with Crippen molar-refractivity contribution in [3.63, 3.8) is 0 Å². The van der Waals surface area contributed by atoms with Crippen molar-refractivity contribution in [2.45, 2.75) is 13.3 Å². The van der Waals surface area contributed by atoms with Gasteiger partial charge in [-0.25, -0.2) is 4.79 Å². The Morgan fingerprint density at radius 3 is 2.70 bits per heavy atom. The average molecular weight is 269 g/mol. The summed E-state index contributed by atoms with van der Waals surface area (Å²) in [7, 11) is 0. The first-order chi connectivity index (χ1) is 9.58. The van der Waals surface area contributed by atoms with Crippen LogP contribution in [0.1, 0.15) is 34.1 Å². The van der Waals surface area contributed by atoms with Gasteiger partial charge in [0.05, 0.1) is 5.56 Å². The Morgan fingerprint density at radius 2 is 2.10 bits per heavy atom. The second-order valence-corrected chi connectivity index (χ2v) is 3.91. The number of aromatic carboxylic acids is 1. The molecule has 4 heteroatoms. The van der Waals surface area contributed by atoms with Crippen molar-refractivity contribution >= 4 is 11.9 Å². The minimum atomic E-state index is -1.07. The Labute approximate surface area is 117 Å². The first-order valence-corrected chi connectivity index (χ1v) is 5.99. The smallest absolute Gasteiger partial charge is 0.335 e. The van der Waals surface area contributed by atoms with E-state index >= 15 is 0 Å². The highest BCUT2D eigenvalue weighted by atomic mass is 16.4. The van der Waals surface area contributed by atoms with Crippen molar-refractivity contribution in [2.75, 3.05) is 0 Å². The summed E-state index contributed by atoms with van der Waals surface area (Å²) in [5, 5.41) is 11.6. The molecule has 1 rings (SSSR count). The lowest BCUT2D eigenvalue weighted by atomic mass is 10.1. The molecule has 0 aliphatic rings. The van der Waals surface area contributed by atoms with Crippen LogP contribution in [0.25, 0.3) is 0 Å². The van der Waals surface area contributed by atoms with E-state index in [-0.39, 0.29) is 17.0 Å². The third-order valence-corrected chi connectivity index (χ3v) is 2.42. The van der Waals surface area contributed by atoms with E-state index in [9.17, 15) is 9.59 Å². The van der Waals surface area contributed by atoms with Gasteiger partial charge in [0.1, 0.15) is 0 Å². The van der Waals surface area contributed by atoms with Gasteiger partial charge < -0.3 is 10.4 Å². The van der Waals surface area contributed by atoms with Crippen LogP contribution < -0.4 is 5.32 Å². The van der Waals surface area contributed by atoms with Crippen LogP contribution in [0, 0.1) is 12.3 Å². The summed E-state index contributed by atoms with van der Waals surface area (Å²) >= 11 is 0. The lowest BCUT2D eigenvalue weighted by Gasteiger charge is -2.06. The third-order valence-electron chi connectivity index (χ3n) is 2.42. The predicted octanol–water partition coefficient (Wildman–Crippen LogP) is 2.60. The normalized spacial score (nSPS) is 11.1. The van der Waals surface area contributed by atoms with Crippen molar-refractivity contribution in [3.05, 3.63) is 59.3 Å². The number of amides is 1. The fourth-order valence-electron chi connectivity index (χ4n) is 1.51. The number of carbonyl (C=O) groups excluding carboxylic acids is 1. The quantitative estimate of drug-likeness (QED) is 0.638. The number of terminal acetylenes is 1. The molecule has 4 nitrogen and oxygen atoms in total. The molecule has 0 heterocycles. The van der Waals surface area contributed by atoms with Crippen LogP contribution in [0.15, 0.2) is 48.2 Å². The van der Waals surface area contributed by atoms with Crippen LogP contribution in [-0.4, -0.2) is 17.0 Å². The van der Waals surface area contributed by atoms with Gasteiger partial charge in [0.2, 0.25) is 0 Å². The maximum atomic E-state index is 12.0. The van der Waals surface area contributed by atoms with Gasteiger partial charge in [-0.05, 0) is 37.3 Å². The fraction of sp³-hybridized carbons (Fsp3) is 0.125. The van der Waals surface area contributed by atoms with E-state index in [1.54, 1.807) is 24.3 Å². The van der Waals surface area contributed by atoms with Crippen molar-refractivity contribution in [1.82, 2.24) is 5.32 Å². The summed E-state index contributed by atoms with van der Waals surface area (Å²) in [5.74, 6) is 1.00. The number of carbonyl (C=O) groups is 2. The predicted molar refractivity (Wildman–Crippen MR) is 77.2 cm³/mol. The molecule has 1 amide bonds. The van der Waals surface area contributed by atoms with Crippen LogP contribution in [0.4, 0.5) is 0 Å². The molecule has 0 saturated carbocycles. The summed E-state index contributed by atoms with van der Waals surface area (Å²) < 4.78 is 0. The van der Waals surface area contributed by atoms with Crippen molar-refractivity contribution in [1.29, 1.82) is 0 Å². The average Bonchev–Trinajstić information content (AvgIpc) is 2.45. The number of benzene rings is 1. The van der Waals surface area contributed by atoms with Gasteiger partial charge in [-0.3, -0.25) is 4.79 Å². The first-order valence-electron chi connectivity index (χ1n) is 5.99. The zero-order valence-electron chi connectivity index (χ0n) is 11.1. The number of hydrogen-bond acceptors (Lipinski definition) is 2. The van der Waals surface area contributed by atoms with E-state index in [2.05, 4.69) is 11.2 Å². The zero-order chi connectivity index (χ0) is 15.0. The molecule has 102 valence electrons. The number of rotatable bonds is 5. The molecule has 0 radical (unpaired) electrons. The van der Waals surface area contributed by atoms with E-state index < -0.39 is 5.97 Å². The van der Waals surface area contributed by atoms with Gasteiger partial charge in [-0.2, -0.15) is 0 Å². The lowest BCUT2D eigenvalue weighted by molar-refractivity contribution is 0.0697. The minimum Gasteiger partial charge on any atom is -0.478 e. The molecule has 0 fully saturated rings. The van der Waals surface area contributed by atoms with Crippen molar-refractivity contribution in [3.8, 4) is 12.3 Å². The Bertz CT molecular complexity index is 606. The van der Waals surface area contributed by atoms with Gasteiger partial charge in [0.15, 0.2) is 0 Å². The fourth-order valence-corrected chi connectivity index (χ4v) is 1.51. The molecule has 20 heavy (non-hydrogen) atoms. The van der Waals surface area contributed by atoms with Gasteiger partial charge in [0, 0.05) is 17.7 Å². The highest BCUT2D eigenvalue weighted by Gasteiger charge is 2.09. The molecule has 2 N–H and O–H groups in total. The van der Waals surface area contributed by atoms with E-state index in [1.807, 2.05) is 6.92 Å². The number of hydrogen-bond donors (Lipinski definition) is 2. The third kappa shape index (κ3) is 4.46. The molecule has 0 bridgehead atoms. The van der Waals surface area contributed by atoms with Crippen LogP contribution in [0.3, 0.4) is 0 Å². The Hall–Kier alpha value is -2.80. The second kappa shape index (κ2) is 7.59. The van der Waals surface area contributed by atoms with Gasteiger partial charge in [-0.1, -0.05) is 12.1 Å². The molecule has 0 aromatic heterocycles. The highest BCUT2D eigenvalue weighted by molar-refractivity contribution is 5.98. The standard InChI is InChI=1S/C16H15NO3/c1-3-5-10-14(7-4-2)17-15(18)12-8-6-9-13(11-12)16(19)20/h1,4,6-11H,5H2,2H3,(H,17,18)(H,19,20)/b7-4-,14-10+. The molecule has 0 aliphatic heterocycles. The maximum absolute atomic E-state index is 12.0. The SMILES string of the molecule is C#CC/C=C(\C=C/C)NC(=O)c1cccc(C(=O)O)c1. The van der Waals surface area contributed by atoms with Crippen LogP contribution >= 0.6 is 0 Å². The van der Waals surface area contributed by atoms with Crippen molar-refractivity contribution < 1.29 is 14.7 Å². The van der Waals surface area contributed by atoms with Gasteiger partial charge >= 0.3 is 5.97 Å². The van der Waals surface area contributed by atoms with Crippen LogP contribution in [0.5, 0.6) is 0 Å². The van der Waals surface area contributed by atoms with Crippen LogP contribution in [-0.2, 0) is 0 Å². The molecule has 1 aromatic rings.